The molecule has 0 spiro atoms. The summed E-state index contributed by atoms with van der Waals surface area (Å²) in [6.07, 6.45) is 1.31. The van der Waals surface area contributed by atoms with Gasteiger partial charge in [0, 0.05) is 0 Å². The molecular weight excluding hydrogens is 312 g/mol. The summed E-state index contributed by atoms with van der Waals surface area (Å²) in [5.74, 6) is -2.00. The molecule has 1 unspecified atom stereocenters. The molecule has 24 heavy (non-hydrogen) atoms. The molecule has 1 amide bonds. The second-order valence-corrected chi connectivity index (χ2v) is 5.82. The van der Waals surface area contributed by atoms with E-state index in [0.29, 0.717) is 10.9 Å². The topological polar surface area (TPSA) is 117 Å². The zero-order valence-corrected chi connectivity index (χ0v) is 13.1. The van der Waals surface area contributed by atoms with Crippen LogP contribution in [-0.2, 0) is 4.79 Å². The summed E-state index contributed by atoms with van der Waals surface area (Å²) in [5, 5.41) is 16.3. The predicted octanol–water partition coefficient (Wildman–Crippen LogP) is 1.01. The first-order valence-electron chi connectivity index (χ1n) is 7.42. The van der Waals surface area contributed by atoms with E-state index in [4.69, 9.17) is 0 Å². The molecule has 8 nitrogen and oxygen atoms in total. The highest BCUT2D eigenvalue weighted by Gasteiger charge is 2.25. The van der Waals surface area contributed by atoms with Crippen molar-refractivity contribution >= 4 is 28.4 Å². The van der Waals surface area contributed by atoms with Crippen LogP contribution in [0.25, 0.3) is 16.6 Å². The Balaban J connectivity index is 2.09. The number of amides is 1. The summed E-state index contributed by atoms with van der Waals surface area (Å²) >= 11 is 0. The van der Waals surface area contributed by atoms with Crippen molar-refractivity contribution in [3.63, 3.8) is 0 Å². The van der Waals surface area contributed by atoms with Gasteiger partial charge in [0.05, 0.1) is 17.1 Å². The SMILES string of the molecule is CC(C)C(NC(=O)c1cnn2c1[nH]c(=O)c1ccccc12)C(=O)O. The minimum Gasteiger partial charge on any atom is -0.480 e. The number of hydrogen-bond donors (Lipinski definition) is 3. The average molecular weight is 328 g/mol. The van der Waals surface area contributed by atoms with Crippen LogP contribution in [0.1, 0.15) is 24.2 Å². The molecule has 0 saturated heterocycles. The van der Waals surface area contributed by atoms with Gasteiger partial charge in [-0.1, -0.05) is 26.0 Å². The van der Waals surface area contributed by atoms with Gasteiger partial charge in [-0.05, 0) is 18.1 Å². The summed E-state index contributed by atoms with van der Waals surface area (Å²) in [4.78, 5) is 38.5. The highest BCUT2D eigenvalue weighted by Crippen LogP contribution is 2.14. The van der Waals surface area contributed by atoms with Crippen molar-refractivity contribution in [2.24, 2.45) is 5.92 Å². The molecule has 3 N–H and O–H groups in total. The molecule has 0 radical (unpaired) electrons. The third-order valence-electron chi connectivity index (χ3n) is 3.84. The van der Waals surface area contributed by atoms with Crippen LogP contribution < -0.4 is 10.9 Å². The average Bonchev–Trinajstić information content (AvgIpc) is 2.96. The Kier molecular flexibility index (Phi) is 3.80. The molecule has 1 aromatic carbocycles. The lowest BCUT2D eigenvalue weighted by atomic mass is 10.0. The zero-order valence-electron chi connectivity index (χ0n) is 13.1. The highest BCUT2D eigenvalue weighted by molar-refractivity contribution is 6.02. The van der Waals surface area contributed by atoms with Gasteiger partial charge in [0.15, 0.2) is 0 Å². The van der Waals surface area contributed by atoms with Crippen LogP contribution in [0.3, 0.4) is 0 Å². The molecule has 124 valence electrons. The fourth-order valence-corrected chi connectivity index (χ4v) is 2.58. The molecule has 8 heteroatoms. The number of fused-ring (bicyclic) bond motifs is 3. The van der Waals surface area contributed by atoms with Gasteiger partial charge in [-0.15, -0.1) is 0 Å². The summed E-state index contributed by atoms with van der Waals surface area (Å²) < 4.78 is 1.46. The lowest BCUT2D eigenvalue weighted by Crippen LogP contribution is -2.44. The van der Waals surface area contributed by atoms with Crippen LogP contribution in [0.5, 0.6) is 0 Å². The molecule has 3 rings (SSSR count). The van der Waals surface area contributed by atoms with Crippen LogP contribution in [0.2, 0.25) is 0 Å². The van der Waals surface area contributed by atoms with Crippen molar-refractivity contribution in [3.05, 3.63) is 46.4 Å². The maximum Gasteiger partial charge on any atom is 0.326 e. The van der Waals surface area contributed by atoms with E-state index >= 15 is 0 Å². The smallest absolute Gasteiger partial charge is 0.326 e. The number of carbonyl (C=O) groups is 2. The van der Waals surface area contributed by atoms with Crippen LogP contribution >= 0.6 is 0 Å². The number of aromatic nitrogens is 3. The fourth-order valence-electron chi connectivity index (χ4n) is 2.58. The maximum atomic E-state index is 12.4. The molecule has 1 atom stereocenters. The van der Waals surface area contributed by atoms with E-state index in [2.05, 4.69) is 15.4 Å². The van der Waals surface area contributed by atoms with Crippen molar-refractivity contribution in [2.75, 3.05) is 0 Å². The highest BCUT2D eigenvalue weighted by atomic mass is 16.4. The molecule has 2 aromatic heterocycles. The molecule has 2 heterocycles. The minimum absolute atomic E-state index is 0.116. The third kappa shape index (κ3) is 2.51. The second-order valence-electron chi connectivity index (χ2n) is 5.82. The van der Waals surface area contributed by atoms with E-state index in [0.717, 1.165) is 0 Å². The quantitative estimate of drug-likeness (QED) is 0.661. The van der Waals surface area contributed by atoms with Gasteiger partial charge in [-0.3, -0.25) is 9.59 Å². The molecule has 0 aliphatic rings. The lowest BCUT2D eigenvalue weighted by molar-refractivity contribution is -0.140. The Morgan fingerprint density at radius 1 is 1.29 bits per heavy atom. The first-order valence-corrected chi connectivity index (χ1v) is 7.42. The first kappa shape index (κ1) is 15.7. The van der Waals surface area contributed by atoms with E-state index in [1.165, 1.54) is 10.7 Å². The number of hydrogen-bond acceptors (Lipinski definition) is 4. The van der Waals surface area contributed by atoms with Crippen molar-refractivity contribution in [2.45, 2.75) is 19.9 Å². The largest absolute Gasteiger partial charge is 0.480 e. The Morgan fingerprint density at radius 2 is 2.00 bits per heavy atom. The summed E-state index contributed by atoms with van der Waals surface area (Å²) in [6, 6.07) is 5.86. The molecule has 0 bridgehead atoms. The van der Waals surface area contributed by atoms with Gasteiger partial charge < -0.3 is 15.4 Å². The zero-order chi connectivity index (χ0) is 17.4. The first-order chi connectivity index (χ1) is 11.4. The van der Waals surface area contributed by atoms with Crippen molar-refractivity contribution in [3.8, 4) is 0 Å². The van der Waals surface area contributed by atoms with Gasteiger partial charge in [0.2, 0.25) is 0 Å². The van der Waals surface area contributed by atoms with Crippen LogP contribution in [0, 0.1) is 5.92 Å². The minimum atomic E-state index is -1.12. The molecule has 0 aliphatic carbocycles. The number of para-hydroxylation sites is 1. The van der Waals surface area contributed by atoms with Crippen molar-refractivity contribution in [1.29, 1.82) is 0 Å². The van der Waals surface area contributed by atoms with E-state index in [9.17, 15) is 19.5 Å². The number of carbonyl (C=O) groups excluding carboxylic acids is 1. The van der Waals surface area contributed by atoms with E-state index < -0.39 is 17.9 Å². The lowest BCUT2D eigenvalue weighted by Gasteiger charge is -2.17. The fraction of sp³-hybridized carbons (Fsp3) is 0.250. The number of carboxylic acid groups (broad SMARTS) is 1. The monoisotopic (exact) mass is 328 g/mol. The van der Waals surface area contributed by atoms with Crippen LogP contribution in [0.4, 0.5) is 0 Å². The van der Waals surface area contributed by atoms with Gasteiger partial charge in [-0.25, -0.2) is 9.31 Å². The molecule has 3 aromatic rings. The maximum absolute atomic E-state index is 12.4. The van der Waals surface area contributed by atoms with Gasteiger partial charge in [0.1, 0.15) is 17.3 Å². The van der Waals surface area contributed by atoms with Crippen molar-refractivity contribution < 1.29 is 14.7 Å². The number of benzene rings is 1. The standard InChI is InChI=1S/C16H16N4O4/c1-8(2)12(16(23)24)18-15(22)10-7-17-20-11-6-4-3-5-9(11)14(21)19-13(10)20/h3-8,12H,1-2H3,(H,18,22)(H,19,21)(H,23,24). The summed E-state index contributed by atoms with van der Waals surface area (Å²) in [6.45, 7) is 3.40. The number of carboxylic acids is 1. The van der Waals surface area contributed by atoms with Gasteiger partial charge >= 0.3 is 5.97 Å². The Bertz CT molecular complexity index is 1000. The Hall–Kier alpha value is -3.16. The third-order valence-corrected chi connectivity index (χ3v) is 3.84. The Labute approximate surface area is 136 Å². The number of nitrogens with zero attached hydrogens (tertiary/aromatic N) is 2. The molecule has 0 saturated carbocycles. The van der Waals surface area contributed by atoms with Gasteiger partial charge in [0.25, 0.3) is 11.5 Å². The molecule has 0 fully saturated rings. The van der Waals surface area contributed by atoms with Crippen LogP contribution in [-0.4, -0.2) is 37.6 Å². The van der Waals surface area contributed by atoms with E-state index in [1.807, 2.05) is 0 Å². The molecule has 0 aliphatic heterocycles. The van der Waals surface area contributed by atoms with Crippen LogP contribution in [0.15, 0.2) is 35.3 Å². The number of aliphatic carboxylic acids is 1. The normalized spacial score (nSPS) is 12.6. The van der Waals surface area contributed by atoms with Gasteiger partial charge in [-0.2, -0.15) is 5.10 Å². The summed E-state index contributed by atoms with van der Waals surface area (Å²) in [5.41, 5.74) is 0.564. The predicted molar refractivity (Wildman–Crippen MR) is 87.0 cm³/mol. The van der Waals surface area contributed by atoms with Crippen molar-refractivity contribution in [1.82, 2.24) is 19.9 Å². The van der Waals surface area contributed by atoms with E-state index in [1.54, 1.807) is 38.1 Å². The molecular formula is C16H16N4O4. The number of H-pyrrole nitrogens is 1. The second kappa shape index (κ2) is 5.80. The number of aromatic amines is 1. The number of nitrogens with one attached hydrogen (secondary N) is 2. The summed E-state index contributed by atoms with van der Waals surface area (Å²) in [7, 11) is 0. The number of rotatable bonds is 4. The Morgan fingerprint density at radius 3 is 2.67 bits per heavy atom. The van der Waals surface area contributed by atoms with E-state index in [-0.39, 0.29) is 22.7 Å².